The molecule has 1 heterocycles. The minimum atomic E-state index is -0.217. The fourth-order valence-electron chi connectivity index (χ4n) is 4.63. The van der Waals surface area contributed by atoms with E-state index < -0.39 is 0 Å². The number of hydrogen-bond donors (Lipinski definition) is 2. The largest absolute Gasteiger partial charge is 0.493 e. The number of hydrogen-bond acceptors (Lipinski definition) is 7. The summed E-state index contributed by atoms with van der Waals surface area (Å²) in [5.41, 5.74) is 2.90. The first kappa shape index (κ1) is 19.7. The third kappa shape index (κ3) is 3.14. The summed E-state index contributed by atoms with van der Waals surface area (Å²) in [6.07, 6.45) is 0.606. The maximum absolute atomic E-state index is 10.3. The van der Waals surface area contributed by atoms with Crippen LogP contribution in [-0.4, -0.2) is 51.5 Å². The Hall–Kier alpha value is -2.64. The van der Waals surface area contributed by atoms with Gasteiger partial charge >= 0.3 is 0 Å². The maximum Gasteiger partial charge on any atom is 0.231 e. The van der Waals surface area contributed by atoms with E-state index in [2.05, 4.69) is 0 Å². The molecule has 4 rings (SSSR count). The lowest BCUT2D eigenvalue weighted by Crippen LogP contribution is -2.35. The SMILES string of the molecule is COc1cc2c(c(OC)c1OC)[C@@H](c1ccc3c(c1)OCO3)[C@H](CO)[C@@H](CO)C2. The standard InChI is InChI=1S/C22H26O7/c1-25-18-8-13-6-14(9-23)15(10-24)19(20(13)22(27-3)21(18)26-2)12-4-5-16-17(7-12)29-11-28-16/h4-5,7-8,14-15,19,23-24H,6,9-11H2,1-3H3/t14-,15-,19+/m1/s1. The zero-order valence-corrected chi connectivity index (χ0v) is 16.8. The highest BCUT2D eigenvalue weighted by Crippen LogP contribution is 2.53. The molecule has 2 N–H and O–H groups in total. The number of aliphatic hydroxyl groups is 2. The molecule has 1 aliphatic heterocycles. The van der Waals surface area contributed by atoms with Crippen molar-refractivity contribution in [2.24, 2.45) is 11.8 Å². The Morgan fingerprint density at radius 2 is 1.69 bits per heavy atom. The Balaban J connectivity index is 1.96. The molecular weight excluding hydrogens is 376 g/mol. The number of ether oxygens (including phenoxy) is 5. The van der Waals surface area contributed by atoms with Gasteiger partial charge in [-0.1, -0.05) is 6.07 Å². The van der Waals surface area contributed by atoms with Crippen LogP contribution in [0.3, 0.4) is 0 Å². The van der Waals surface area contributed by atoms with Crippen molar-refractivity contribution >= 4 is 0 Å². The average Bonchev–Trinajstić information content (AvgIpc) is 3.23. The summed E-state index contributed by atoms with van der Waals surface area (Å²) in [4.78, 5) is 0. The third-order valence-electron chi connectivity index (χ3n) is 5.98. The first-order valence-corrected chi connectivity index (χ1v) is 9.59. The van der Waals surface area contributed by atoms with Gasteiger partial charge in [0, 0.05) is 24.7 Å². The van der Waals surface area contributed by atoms with E-state index in [-0.39, 0.29) is 37.8 Å². The van der Waals surface area contributed by atoms with Crippen molar-refractivity contribution in [1.29, 1.82) is 0 Å². The van der Waals surface area contributed by atoms with Gasteiger partial charge in [0.2, 0.25) is 12.5 Å². The summed E-state index contributed by atoms with van der Waals surface area (Å²) in [5.74, 6) is 2.52. The molecule has 2 aromatic carbocycles. The zero-order valence-electron chi connectivity index (χ0n) is 16.8. The molecule has 7 nitrogen and oxygen atoms in total. The van der Waals surface area contributed by atoms with Crippen LogP contribution in [-0.2, 0) is 6.42 Å². The Morgan fingerprint density at radius 1 is 0.931 bits per heavy atom. The lowest BCUT2D eigenvalue weighted by Gasteiger charge is -2.39. The van der Waals surface area contributed by atoms with Crippen molar-refractivity contribution in [2.75, 3.05) is 41.3 Å². The predicted octanol–water partition coefficient (Wildman–Crippen LogP) is 2.35. The van der Waals surface area contributed by atoms with E-state index in [1.807, 2.05) is 24.3 Å². The number of methoxy groups -OCH3 is 3. The fraction of sp³-hybridized carbons (Fsp3) is 0.455. The number of benzene rings is 2. The monoisotopic (exact) mass is 402 g/mol. The summed E-state index contributed by atoms with van der Waals surface area (Å²) >= 11 is 0. The maximum atomic E-state index is 10.3. The molecular formula is C22H26O7. The van der Waals surface area contributed by atoms with Crippen LogP contribution >= 0.6 is 0 Å². The van der Waals surface area contributed by atoms with Crippen molar-refractivity contribution in [3.8, 4) is 28.7 Å². The van der Waals surface area contributed by atoms with Crippen LogP contribution in [0.25, 0.3) is 0 Å². The van der Waals surface area contributed by atoms with Crippen LogP contribution in [0.15, 0.2) is 24.3 Å². The van der Waals surface area contributed by atoms with Gasteiger partial charge in [0.05, 0.1) is 21.3 Å². The summed E-state index contributed by atoms with van der Waals surface area (Å²) in [7, 11) is 4.76. The highest BCUT2D eigenvalue weighted by Gasteiger charge is 2.41. The van der Waals surface area contributed by atoms with Crippen LogP contribution in [0.4, 0.5) is 0 Å². The van der Waals surface area contributed by atoms with Crippen LogP contribution in [0.5, 0.6) is 28.7 Å². The Kier molecular flexibility index (Phi) is 5.43. The van der Waals surface area contributed by atoms with Crippen LogP contribution in [0, 0.1) is 11.8 Å². The molecule has 0 bridgehead atoms. The minimum Gasteiger partial charge on any atom is -0.493 e. The van der Waals surface area contributed by atoms with Gasteiger partial charge in [-0.15, -0.1) is 0 Å². The second kappa shape index (κ2) is 8.00. The van der Waals surface area contributed by atoms with Crippen LogP contribution in [0.2, 0.25) is 0 Å². The second-order valence-electron chi connectivity index (χ2n) is 7.30. The van der Waals surface area contributed by atoms with Crippen molar-refractivity contribution < 1.29 is 33.9 Å². The van der Waals surface area contributed by atoms with E-state index >= 15 is 0 Å². The van der Waals surface area contributed by atoms with E-state index in [0.717, 1.165) is 16.7 Å². The molecule has 1 aliphatic carbocycles. The van der Waals surface area contributed by atoms with E-state index in [0.29, 0.717) is 35.2 Å². The van der Waals surface area contributed by atoms with E-state index in [4.69, 9.17) is 23.7 Å². The highest BCUT2D eigenvalue weighted by molar-refractivity contribution is 5.63. The number of rotatable bonds is 6. The molecule has 0 spiro atoms. The Labute approximate surface area is 169 Å². The molecule has 0 saturated heterocycles. The van der Waals surface area contributed by atoms with Gasteiger partial charge < -0.3 is 33.9 Å². The van der Waals surface area contributed by atoms with Gasteiger partial charge in [-0.3, -0.25) is 0 Å². The van der Waals surface area contributed by atoms with Gasteiger partial charge in [-0.25, -0.2) is 0 Å². The zero-order chi connectivity index (χ0) is 20.5. The lowest BCUT2D eigenvalue weighted by atomic mass is 9.66. The topological polar surface area (TPSA) is 86.6 Å². The van der Waals surface area contributed by atoms with Crippen molar-refractivity contribution in [1.82, 2.24) is 0 Å². The average molecular weight is 402 g/mol. The molecule has 29 heavy (non-hydrogen) atoms. The van der Waals surface area contributed by atoms with E-state index in [1.165, 1.54) is 0 Å². The number of fused-ring (bicyclic) bond motifs is 2. The van der Waals surface area contributed by atoms with Crippen LogP contribution in [0.1, 0.15) is 22.6 Å². The van der Waals surface area contributed by atoms with Crippen molar-refractivity contribution in [2.45, 2.75) is 12.3 Å². The highest BCUT2D eigenvalue weighted by atomic mass is 16.7. The Morgan fingerprint density at radius 3 is 2.34 bits per heavy atom. The molecule has 7 heteroatoms. The Bertz CT molecular complexity index is 895. The smallest absolute Gasteiger partial charge is 0.231 e. The van der Waals surface area contributed by atoms with Crippen molar-refractivity contribution in [3.63, 3.8) is 0 Å². The second-order valence-corrected chi connectivity index (χ2v) is 7.30. The summed E-state index contributed by atoms with van der Waals surface area (Å²) in [6, 6.07) is 7.73. The third-order valence-corrected chi connectivity index (χ3v) is 5.98. The number of aliphatic hydroxyl groups excluding tert-OH is 2. The quantitative estimate of drug-likeness (QED) is 0.767. The van der Waals surface area contributed by atoms with E-state index in [1.54, 1.807) is 21.3 Å². The first-order chi connectivity index (χ1) is 14.2. The minimum absolute atomic E-state index is 0.0254. The summed E-state index contributed by atoms with van der Waals surface area (Å²) in [5, 5.41) is 20.3. The molecule has 0 fully saturated rings. The molecule has 156 valence electrons. The van der Waals surface area contributed by atoms with Gasteiger partial charge in [0.15, 0.2) is 23.0 Å². The summed E-state index contributed by atoms with van der Waals surface area (Å²) in [6.45, 7) is 0.0979. The molecule has 0 aromatic heterocycles. The molecule has 0 amide bonds. The fourth-order valence-corrected chi connectivity index (χ4v) is 4.63. The van der Waals surface area contributed by atoms with Crippen molar-refractivity contribution in [3.05, 3.63) is 41.0 Å². The molecule has 0 unspecified atom stereocenters. The van der Waals surface area contributed by atoms with Gasteiger partial charge in [-0.05, 0) is 47.6 Å². The van der Waals surface area contributed by atoms with Gasteiger partial charge in [0.25, 0.3) is 0 Å². The summed E-state index contributed by atoms with van der Waals surface area (Å²) < 4.78 is 27.9. The normalized spacial score (nSPS) is 22.2. The van der Waals surface area contributed by atoms with Gasteiger partial charge in [-0.2, -0.15) is 0 Å². The van der Waals surface area contributed by atoms with E-state index in [9.17, 15) is 10.2 Å². The first-order valence-electron chi connectivity index (χ1n) is 9.59. The lowest BCUT2D eigenvalue weighted by molar-refractivity contribution is 0.1000. The molecule has 0 saturated carbocycles. The van der Waals surface area contributed by atoms with Crippen LogP contribution < -0.4 is 23.7 Å². The predicted molar refractivity (Wildman–Crippen MR) is 105 cm³/mol. The molecule has 2 aromatic rings. The molecule has 3 atom stereocenters. The van der Waals surface area contributed by atoms with Gasteiger partial charge in [0.1, 0.15) is 0 Å². The molecule has 2 aliphatic rings. The molecule has 0 radical (unpaired) electrons.